The summed E-state index contributed by atoms with van der Waals surface area (Å²) in [6.07, 6.45) is 5.34. The fourth-order valence-corrected chi connectivity index (χ4v) is 1.46. The van der Waals surface area contributed by atoms with Crippen LogP contribution in [0.2, 0.25) is 0 Å². The maximum atomic E-state index is 11.3. The Morgan fingerprint density at radius 2 is 2.17 bits per heavy atom. The molecule has 0 atom stereocenters. The summed E-state index contributed by atoms with van der Waals surface area (Å²) in [4.78, 5) is 11.3. The third kappa shape index (κ3) is 1.78. The summed E-state index contributed by atoms with van der Waals surface area (Å²) in [6.45, 7) is 0.601. The lowest BCUT2D eigenvalue weighted by Crippen LogP contribution is -2.42. The first kappa shape index (κ1) is 8.05. The quantitative estimate of drug-likeness (QED) is 0.638. The highest BCUT2D eigenvalue weighted by molar-refractivity contribution is 5.77. The van der Waals surface area contributed by atoms with Crippen LogP contribution in [0.4, 0.5) is 0 Å². The van der Waals surface area contributed by atoms with Crippen molar-refractivity contribution in [1.82, 2.24) is 5.32 Å². The van der Waals surface area contributed by atoms with Crippen LogP contribution in [0, 0.1) is 5.92 Å². The van der Waals surface area contributed by atoms with Gasteiger partial charge in [0, 0.05) is 13.0 Å². The lowest BCUT2D eigenvalue weighted by atomic mass is 10.2. The highest BCUT2D eigenvalue weighted by Gasteiger charge is 2.42. The van der Waals surface area contributed by atoms with E-state index in [2.05, 4.69) is 5.32 Å². The molecule has 0 bridgehead atoms. The summed E-state index contributed by atoms with van der Waals surface area (Å²) in [5, 5.41) is 3.02. The lowest BCUT2D eigenvalue weighted by Gasteiger charge is -2.14. The van der Waals surface area contributed by atoms with Gasteiger partial charge in [0.2, 0.25) is 5.91 Å². The topological polar surface area (TPSA) is 55.1 Å². The molecule has 2 aliphatic carbocycles. The SMILES string of the molecule is NCC1(NC(=O)CC2CC2)CC1. The van der Waals surface area contributed by atoms with Gasteiger partial charge >= 0.3 is 0 Å². The number of nitrogens with one attached hydrogen (secondary N) is 1. The number of amides is 1. The van der Waals surface area contributed by atoms with Gasteiger partial charge in [-0.15, -0.1) is 0 Å². The molecule has 0 aromatic heterocycles. The lowest BCUT2D eigenvalue weighted by molar-refractivity contribution is -0.122. The molecular weight excluding hydrogens is 152 g/mol. The van der Waals surface area contributed by atoms with Gasteiger partial charge in [-0.25, -0.2) is 0 Å². The van der Waals surface area contributed by atoms with Gasteiger partial charge < -0.3 is 11.1 Å². The van der Waals surface area contributed by atoms with Gasteiger partial charge in [0.1, 0.15) is 0 Å². The van der Waals surface area contributed by atoms with Crippen LogP contribution in [0.25, 0.3) is 0 Å². The summed E-state index contributed by atoms with van der Waals surface area (Å²) in [5.74, 6) is 0.888. The van der Waals surface area contributed by atoms with E-state index in [0.717, 1.165) is 19.3 Å². The minimum Gasteiger partial charge on any atom is -0.349 e. The average Bonchev–Trinajstić information content (AvgIpc) is 2.86. The van der Waals surface area contributed by atoms with Crippen molar-refractivity contribution in [3.8, 4) is 0 Å². The summed E-state index contributed by atoms with van der Waals surface area (Å²) < 4.78 is 0. The Hall–Kier alpha value is -0.570. The molecule has 0 aliphatic heterocycles. The zero-order valence-corrected chi connectivity index (χ0v) is 7.31. The third-order valence-corrected chi connectivity index (χ3v) is 2.82. The number of nitrogens with two attached hydrogens (primary N) is 1. The van der Waals surface area contributed by atoms with E-state index in [4.69, 9.17) is 5.73 Å². The second kappa shape index (κ2) is 2.73. The Balaban J connectivity index is 1.74. The summed E-state index contributed by atoms with van der Waals surface area (Å²) in [5.41, 5.74) is 5.55. The predicted octanol–water partition coefficient (Wildman–Crippen LogP) is 0.394. The van der Waals surface area contributed by atoms with Crippen molar-refractivity contribution in [2.45, 2.75) is 37.6 Å². The highest BCUT2D eigenvalue weighted by Crippen LogP contribution is 2.36. The van der Waals surface area contributed by atoms with Crippen molar-refractivity contribution >= 4 is 5.91 Å². The van der Waals surface area contributed by atoms with Crippen LogP contribution in [0.3, 0.4) is 0 Å². The molecule has 0 saturated heterocycles. The van der Waals surface area contributed by atoms with E-state index in [1.165, 1.54) is 12.8 Å². The fraction of sp³-hybridized carbons (Fsp3) is 0.889. The molecule has 2 aliphatic rings. The second-order valence-electron chi connectivity index (χ2n) is 4.18. The van der Waals surface area contributed by atoms with Gasteiger partial charge in [-0.3, -0.25) is 4.79 Å². The Kier molecular flexibility index (Phi) is 1.83. The van der Waals surface area contributed by atoms with E-state index in [9.17, 15) is 4.79 Å². The molecule has 0 aromatic carbocycles. The van der Waals surface area contributed by atoms with E-state index in [1.807, 2.05) is 0 Å². The molecule has 0 unspecified atom stereocenters. The first-order valence-electron chi connectivity index (χ1n) is 4.75. The molecule has 1 amide bonds. The highest BCUT2D eigenvalue weighted by atomic mass is 16.1. The van der Waals surface area contributed by atoms with Gasteiger partial charge in [-0.1, -0.05) is 0 Å². The van der Waals surface area contributed by atoms with Crippen molar-refractivity contribution in [2.24, 2.45) is 11.7 Å². The molecule has 0 aromatic rings. The zero-order valence-electron chi connectivity index (χ0n) is 7.31. The normalized spacial score (nSPS) is 25.1. The van der Waals surface area contributed by atoms with Crippen LogP contribution in [0.15, 0.2) is 0 Å². The van der Waals surface area contributed by atoms with Gasteiger partial charge in [0.25, 0.3) is 0 Å². The first-order valence-corrected chi connectivity index (χ1v) is 4.75. The molecule has 0 radical (unpaired) electrons. The zero-order chi connectivity index (χ0) is 8.60. The summed E-state index contributed by atoms with van der Waals surface area (Å²) >= 11 is 0. The molecule has 0 spiro atoms. The van der Waals surface area contributed by atoms with Crippen molar-refractivity contribution in [2.75, 3.05) is 6.54 Å². The number of carbonyl (C=O) groups is 1. The van der Waals surface area contributed by atoms with Crippen LogP contribution in [0.5, 0.6) is 0 Å². The smallest absolute Gasteiger partial charge is 0.220 e. The van der Waals surface area contributed by atoms with Crippen LogP contribution < -0.4 is 11.1 Å². The minimum absolute atomic E-state index is 0.00593. The predicted molar refractivity (Wildman–Crippen MR) is 46.5 cm³/mol. The van der Waals surface area contributed by atoms with Gasteiger partial charge in [0.05, 0.1) is 5.54 Å². The van der Waals surface area contributed by atoms with Gasteiger partial charge in [-0.2, -0.15) is 0 Å². The standard InChI is InChI=1S/C9H16N2O/c10-6-9(3-4-9)11-8(12)5-7-1-2-7/h7H,1-6,10H2,(H,11,12). The largest absolute Gasteiger partial charge is 0.349 e. The maximum Gasteiger partial charge on any atom is 0.220 e. The molecular formula is C9H16N2O. The van der Waals surface area contributed by atoms with Crippen molar-refractivity contribution in [3.05, 3.63) is 0 Å². The number of hydrogen-bond acceptors (Lipinski definition) is 2. The molecule has 68 valence electrons. The van der Waals surface area contributed by atoms with E-state index in [0.29, 0.717) is 12.5 Å². The summed E-state index contributed by atoms with van der Waals surface area (Å²) in [7, 11) is 0. The summed E-state index contributed by atoms with van der Waals surface area (Å²) in [6, 6.07) is 0. The second-order valence-corrected chi connectivity index (χ2v) is 4.18. The first-order chi connectivity index (χ1) is 5.74. The average molecular weight is 168 g/mol. The molecule has 3 nitrogen and oxygen atoms in total. The Morgan fingerprint density at radius 3 is 2.58 bits per heavy atom. The Labute approximate surface area is 72.7 Å². The van der Waals surface area contributed by atoms with Crippen molar-refractivity contribution in [3.63, 3.8) is 0 Å². The number of rotatable bonds is 4. The van der Waals surface area contributed by atoms with Crippen molar-refractivity contribution < 1.29 is 4.79 Å². The van der Waals surface area contributed by atoms with E-state index in [-0.39, 0.29) is 11.4 Å². The third-order valence-electron chi connectivity index (χ3n) is 2.82. The van der Waals surface area contributed by atoms with Crippen LogP contribution >= 0.6 is 0 Å². The Bertz CT molecular complexity index is 195. The Morgan fingerprint density at radius 1 is 1.50 bits per heavy atom. The van der Waals surface area contributed by atoms with Crippen LogP contribution in [0.1, 0.15) is 32.1 Å². The van der Waals surface area contributed by atoms with Gasteiger partial charge in [-0.05, 0) is 31.6 Å². The van der Waals surface area contributed by atoms with E-state index in [1.54, 1.807) is 0 Å². The molecule has 12 heavy (non-hydrogen) atoms. The fourth-order valence-electron chi connectivity index (χ4n) is 1.46. The molecule has 3 N–H and O–H groups in total. The number of carbonyl (C=O) groups excluding carboxylic acids is 1. The van der Waals surface area contributed by atoms with E-state index < -0.39 is 0 Å². The molecule has 0 heterocycles. The molecule has 2 rings (SSSR count). The molecule has 3 heteroatoms. The van der Waals surface area contributed by atoms with Gasteiger partial charge in [0.15, 0.2) is 0 Å². The minimum atomic E-state index is 0.00593. The molecule has 2 fully saturated rings. The van der Waals surface area contributed by atoms with Crippen LogP contribution in [-0.2, 0) is 4.79 Å². The number of hydrogen-bond donors (Lipinski definition) is 2. The monoisotopic (exact) mass is 168 g/mol. The van der Waals surface area contributed by atoms with E-state index >= 15 is 0 Å². The van der Waals surface area contributed by atoms with Crippen LogP contribution in [-0.4, -0.2) is 18.0 Å². The van der Waals surface area contributed by atoms with Crippen molar-refractivity contribution in [1.29, 1.82) is 0 Å². The maximum absolute atomic E-state index is 11.3. The molecule has 2 saturated carbocycles.